The van der Waals surface area contributed by atoms with E-state index in [4.69, 9.17) is 0 Å². The minimum absolute atomic E-state index is 0.381. The summed E-state index contributed by atoms with van der Waals surface area (Å²) in [5, 5.41) is 9.76. The number of benzene rings is 1. The van der Waals surface area contributed by atoms with Crippen LogP contribution in [-0.2, 0) is 10.3 Å². The third kappa shape index (κ3) is 2.50. The summed E-state index contributed by atoms with van der Waals surface area (Å²) in [4.78, 5) is 13.9. The molecule has 19 heavy (non-hydrogen) atoms. The summed E-state index contributed by atoms with van der Waals surface area (Å²) in [5.74, 6) is -1.27. The van der Waals surface area contributed by atoms with Gasteiger partial charge >= 0.3 is 5.97 Å². The Morgan fingerprint density at radius 3 is 2.58 bits per heavy atom. The van der Waals surface area contributed by atoms with Crippen LogP contribution in [0.5, 0.6) is 0 Å². The van der Waals surface area contributed by atoms with Gasteiger partial charge in [0.2, 0.25) is 0 Å². The molecule has 0 saturated carbocycles. The lowest BCUT2D eigenvalue weighted by molar-refractivity contribution is -0.154. The van der Waals surface area contributed by atoms with E-state index >= 15 is 0 Å². The van der Waals surface area contributed by atoms with Crippen LogP contribution in [0.15, 0.2) is 24.3 Å². The standard InChI is InChI=1S/C15H20FNO2/c1-2-15(14(18)19,17-9-4-3-5-10-17)12-7-6-8-13(16)11-12/h6-8,11H,2-5,9-10H2,1H3,(H,18,19). The molecule has 4 heteroatoms. The van der Waals surface area contributed by atoms with Gasteiger partial charge in [-0.05, 0) is 50.0 Å². The molecule has 2 rings (SSSR count). The Morgan fingerprint density at radius 2 is 2.05 bits per heavy atom. The zero-order chi connectivity index (χ0) is 13.9. The first kappa shape index (κ1) is 14.0. The van der Waals surface area contributed by atoms with E-state index in [1.165, 1.54) is 12.1 Å². The predicted octanol–water partition coefficient (Wildman–Crippen LogP) is 3.00. The monoisotopic (exact) mass is 265 g/mol. The molecular weight excluding hydrogens is 245 g/mol. The molecule has 1 N–H and O–H groups in total. The molecule has 0 aromatic heterocycles. The van der Waals surface area contributed by atoms with E-state index in [9.17, 15) is 14.3 Å². The molecule has 0 radical (unpaired) electrons. The molecule has 0 aliphatic carbocycles. The van der Waals surface area contributed by atoms with Crippen molar-refractivity contribution in [2.24, 2.45) is 0 Å². The summed E-state index contributed by atoms with van der Waals surface area (Å²) in [5.41, 5.74) is -0.549. The van der Waals surface area contributed by atoms with Gasteiger partial charge in [-0.2, -0.15) is 0 Å². The average Bonchev–Trinajstić information content (AvgIpc) is 2.41. The number of likely N-dealkylation sites (tertiary alicyclic amines) is 1. The Hall–Kier alpha value is -1.42. The molecular formula is C15H20FNO2. The van der Waals surface area contributed by atoms with Gasteiger partial charge in [-0.25, -0.2) is 9.18 Å². The van der Waals surface area contributed by atoms with Gasteiger partial charge in [-0.15, -0.1) is 0 Å². The summed E-state index contributed by atoms with van der Waals surface area (Å²) >= 11 is 0. The molecule has 1 fully saturated rings. The lowest BCUT2D eigenvalue weighted by Crippen LogP contribution is -2.53. The van der Waals surface area contributed by atoms with Crippen LogP contribution in [-0.4, -0.2) is 29.1 Å². The normalized spacial score (nSPS) is 19.9. The first-order valence-electron chi connectivity index (χ1n) is 6.85. The van der Waals surface area contributed by atoms with Crippen LogP contribution in [0.3, 0.4) is 0 Å². The van der Waals surface area contributed by atoms with Crippen LogP contribution in [0, 0.1) is 5.82 Å². The highest BCUT2D eigenvalue weighted by molar-refractivity contribution is 5.80. The van der Waals surface area contributed by atoms with Crippen LogP contribution >= 0.6 is 0 Å². The number of carboxylic acids is 1. The zero-order valence-electron chi connectivity index (χ0n) is 11.2. The number of halogens is 1. The fourth-order valence-electron chi connectivity index (χ4n) is 3.04. The number of piperidine rings is 1. The Balaban J connectivity index is 2.46. The van der Waals surface area contributed by atoms with Gasteiger partial charge in [0.15, 0.2) is 0 Å². The molecule has 1 aliphatic rings. The Morgan fingerprint density at radius 1 is 1.37 bits per heavy atom. The van der Waals surface area contributed by atoms with E-state index < -0.39 is 11.5 Å². The minimum atomic E-state index is -1.09. The fraction of sp³-hybridized carbons (Fsp3) is 0.533. The molecule has 1 aromatic carbocycles. The molecule has 104 valence electrons. The SMILES string of the molecule is CCC(C(=O)O)(c1cccc(F)c1)N1CCCCC1. The van der Waals surface area contributed by atoms with Crippen molar-refractivity contribution in [2.45, 2.75) is 38.1 Å². The molecule has 1 unspecified atom stereocenters. The molecule has 1 aliphatic heterocycles. The van der Waals surface area contributed by atoms with Crippen molar-refractivity contribution in [2.75, 3.05) is 13.1 Å². The number of nitrogens with zero attached hydrogens (tertiary/aromatic N) is 1. The van der Waals surface area contributed by atoms with Crippen molar-refractivity contribution < 1.29 is 14.3 Å². The van der Waals surface area contributed by atoms with Gasteiger partial charge in [0.25, 0.3) is 0 Å². The lowest BCUT2D eigenvalue weighted by Gasteiger charge is -2.42. The Bertz CT molecular complexity index is 457. The van der Waals surface area contributed by atoms with Gasteiger partial charge in [-0.1, -0.05) is 25.5 Å². The van der Waals surface area contributed by atoms with E-state index in [2.05, 4.69) is 0 Å². The minimum Gasteiger partial charge on any atom is -0.480 e. The number of hydrogen-bond acceptors (Lipinski definition) is 2. The van der Waals surface area contributed by atoms with Crippen LogP contribution in [0.1, 0.15) is 38.2 Å². The van der Waals surface area contributed by atoms with Crippen molar-refractivity contribution in [3.63, 3.8) is 0 Å². The second-order valence-corrected chi connectivity index (χ2v) is 5.08. The van der Waals surface area contributed by atoms with Gasteiger partial charge in [-0.3, -0.25) is 4.90 Å². The van der Waals surface area contributed by atoms with E-state index in [1.807, 2.05) is 11.8 Å². The summed E-state index contributed by atoms with van der Waals surface area (Å²) in [6.45, 7) is 3.38. The van der Waals surface area contributed by atoms with Gasteiger partial charge in [0, 0.05) is 0 Å². The molecule has 1 atom stereocenters. The van der Waals surface area contributed by atoms with Crippen molar-refractivity contribution in [3.05, 3.63) is 35.6 Å². The summed E-state index contributed by atoms with van der Waals surface area (Å²) < 4.78 is 13.5. The predicted molar refractivity (Wildman–Crippen MR) is 71.4 cm³/mol. The molecule has 1 heterocycles. The van der Waals surface area contributed by atoms with Crippen molar-refractivity contribution in [1.82, 2.24) is 4.90 Å². The second-order valence-electron chi connectivity index (χ2n) is 5.08. The lowest BCUT2D eigenvalue weighted by atomic mass is 9.84. The number of carboxylic acid groups (broad SMARTS) is 1. The number of aliphatic carboxylic acids is 1. The maximum atomic E-state index is 13.5. The van der Waals surface area contributed by atoms with Crippen molar-refractivity contribution >= 4 is 5.97 Å². The number of rotatable bonds is 4. The highest BCUT2D eigenvalue weighted by Gasteiger charge is 2.44. The maximum Gasteiger partial charge on any atom is 0.328 e. The van der Waals surface area contributed by atoms with E-state index in [-0.39, 0.29) is 5.82 Å². The first-order chi connectivity index (χ1) is 9.11. The van der Waals surface area contributed by atoms with Gasteiger partial charge < -0.3 is 5.11 Å². The van der Waals surface area contributed by atoms with Crippen LogP contribution in [0.2, 0.25) is 0 Å². The quantitative estimate of drug-likeness (QED) is 0.909. The van der Waals surface area contributed by atoms with Crippen LogP contribution < -0.4 is 0 Å². The molecule has 0 spiro atoms. The van der Waals surface area contributed by atoms with Crippen LogP contribution in [0.25, 0.3) is 0 Å². The topological polar surface area (TPSA) is 40.5 Å². The van der Waals surface area contributed by atoms with Crippen molar-refractivity contribution in [1.29, 1.82) is 0 Å². The average molecular weight is 265 g/mol. The smallest absolute Gasteiger partial charge is 0.328 e. The largest absolute Gasteiger partial charge is 0.480 e. The van der Waals surface area contributed by atoms with E-state index in [1.54, 1.807) is 12.1 Å². The highest BCUT2D eigenvalue weighted by atomic mass is 19.1. The Labute approximate surface area is 113 Å². The fourth-order valence-corrected chi connectivity index (χ4v) is 3.04. The molecule has 0 amide bonds. The highest BCUT2D eigenvalue weighted by Crippen LogP contribution is 2.35. The summed E-state index contributed by atoms with van der Waals surface area (Å²) in [6, 6.07) is 6.01. The zero-order valence-corrected chi connectivity index (χ0v) is 11.2. The van der Waals surface area contributed by atoms with Crippen molar-refractivity contribution in [3.8, 4) is 0 Å². The van der Waals surface area contributed by atoms with Gasteiger partial charge in [0.05, 0.1) is 0 Å². The molecule has 0 bridgehead atoms. The van der Waals surface area contributed by atoms with Crippen LogP contribution in [0.4, 0.5) is 4.39 Å². The number of hydrogen-bond donors (Lipinski definition) is 1. The molecule has 1 saturated heterocycles. The van der Waals surface area contributed by atoms with E-state index in [0.717, 1.165) is 32.4 Å². The maximum absolute atomic E-state index is 13.5. The molecule has 3 nitrogen and oxygen atoms in total. The third-order valence-electron chi connectivity index (χ3n) is 4.06. The summed E-state index contributed by atoms with van der Waals surface area (Å²) in [6.07, 6.45) is 3.58. The molecule has 1 aromatic rings. The number of carbonyl (C=O) groups is 1. The summed E-state index contributed by atoms with van der Waals surface area (Å²) in [7, 11) is 0. The van der Waals surface area contributed by atoms with E-state index in [0.29, 0.717) is 12.0 Å². The first-order valence-corrected chi connectivity index (χ1v) is 6.85. The third-order valence-corrected chi connectivity index (χ3v) is 4.06. The second kappa shape index (κ2) is 5.70. The van der Waals surface area contributed by atoms with Gasteiger partial charge in [0.1, 0.15) is 11.4 Å². The Kier molecular flexibility index (Phi) is 4.20.